The second-order valence-corrected chi connectivity index (χ2v) is 18.9. The molecule has 20 nitrogen and oxygen atoms in total. The van der Waals surface area contributed by atoms with Crippen molar-refractivity contribution in [2.24, 2.45) is 11.1 Å². The standard InChI is InChI=1S/C47H54N8O12S/c1-45(2,3)64-41(58)47(7,8)67-54-39(34-27-68-43(51-34)52-44(60)65-46(4,5)6)36(56)20-31-33(50-40(31)57)23-49-42(59)48-22-30-19-32(53-66-30)35-21-37(62-25-28-15-11-9-12-16-28)38(24-55(35)61)63-26-29-17-13-10-14-18-29/h9-19,21,24,27,31,33H,20,22-23,25-26H2,1-8H3,(H,50,57)(H2,48,49,59)(H,51,52,60)/b54-39-/t31-,33+/m0/s1. The largest absolute Gasteiger partial charge is 0.618 e. The molecule has 21 heteroatoms. The number of aromatic nitrogens is 3. The van der Waals surface area contributed by atoms with Gasteiger partial charge in [-0.15, -0.1) is 11.3 Å². The quantitative estimate of drug-likeness (QED) is 0.0176. The number of ketones is 1. The molecule has 2 atom stereocenters. The highest BCUT2D eigenvalue weighted by atomic mass is 32.1. The third-order valence-electron chi connectivity index (χ3n) is 9.61. The Labute approximate surface area is 396 Å². The maximum Gasteiger partial charge on any atom is 0.413 e. The van der Waals surface area contributed by atoms with Gasteiger partial charge in [-0.2, -0.15) is 4.73 Å². The lowest BCUT2D eigenvalue weighted by atomic mass is 9.85. The fraction of sp³-hybridized carbons (Fsp3) is 0.383. The number of anilines is 1. The van der Waals surface area contributed by atoms with Gasteiger partial charge in [0.25, 0.3) is 0 Å². The fourth-order valence-electron chi connectivity index (χ4n) is 6.20. The van der Waals surface area contributed by atoms with E-state index in [-0.39, 0.29) is 72.2 Å². The van der Waals surface area contributed by atoms with Crippen molar-refractivity contribution < 1.29 is 57.0 Å². The maximum absolute atomic E-state index is 13.9. The molecule has 0 spiro atoms. The third kappa shape index (κ3) is 14.2. The van der Waals surface area contributed by atoms with Crippen LogP contribution in [-0.4, -0.2) is 75.0 Å². The number of Topliss-reactive ketones (excluding diaryl/α,β-unsaturated/α-hetero) is 1. The van der Waals surface area contributed by atoms with Crippen LogP contribution in [0.4, 0.5) is 14.7 Å². The molecule has 360 valence electrons. The van der Waals surface area contributed by atoms with Gasteiger partial charge < -0.3 is 49.5 Å². The highest BCUT2D eigenvalue weighted by molar-refractivity contribution is 7.14. The Morgan fingerprint density at radius 2 is 1.50 bits per heavy atom. The van der Waals surface area contributed by atoms with Gasteiger partial charge in [-0.1, -0.05) is 71.0 Å². The lowest BCUT2D eigenvalue weighted by Crippen LogP contribution is -2.63. The minimum atomic E-state index is -1.64. The average Bonchev–Trinajstić information content (AvgIpc) is 3.94. The topological polar surface area (TPSA) is 258 Å². The lowest BCUT2D eigenvalue weighted by molar-refractivity contribution is -0.594. The summed E-state index contributed by atoms with van der Waals surface area (Å²) in [4.78, 5) is 74.9. The summed E-state index contributed by atoms with van der Waals surface area (Å²) in [6, 6.07) is 20.7. The summed E-state index contributed by atoms with van der Waals surface area (Å²) in [7, 11) is 0. The molecule has 4 heterocycles. The van der Waals surface area contributed by atoms with Gasteiger partial charge in [0.05, 0.1) is 24.6 Å². The van der Waals surface area contributed by atoms with E-state index in [0.717, 1.165) is 22.5 Å². The Bertz CT molecular complexity index is 2620. The number of carbonyl (C=O) groups excluding carboxylic acids is 5. The molecule has 0 bridgehead atoms. The van der Waals surface area contributed by atoms with E-state index in [4.69, 9.17) is 28.3 Å². The second-order valence-electron chi connectivity index (χ2n) is 18.1. The second kappa shape index (κ2) is 21.4. The molecule has 1 saturated heterocycles. The normalized spacial score (nSPS) is 15.0. The number of carbonyl (C=O) groups is 5. The first-order valence-electron chi connectivity index (χ1n) is 21.5. The number of urea groups is 1. The zero-order valence-corrected chi connectivity index (χ0v) is 39.7. The molecule has 1 fully saturated rings. The Kier molecular flexibility index (Phi) is 15.7. The van der Waals surface area contributed by atoms with Crippen molar-refractivity contribution in [1.29, 1.82) is 0 Å². The minimum absolute atomic E-state index is 0.00201. The number of amides is 4. The van der Waals surface area contributed by atoms with Crippen LogP contribution in [0.25, 0.3) is 11.4 Å². The third-order valence-corrected chi connectivity index (χ3v) is 10.4. The maximum atomic E-state index is 13.9. The predicted octanol–water partition coefficient (Wildman–Crippen LogP) is 6.35. The van der Waals surface area contributed by atoms with Crippen LogP contribution in [0.5, 0.6) is 11.5 Å². The molecule has 1 aliphatic rings. The smallest absolute Gasteiger partial charge is 0.413 e. The van der Waals surface area contributed by atoms with E-state index >= 15 is 0 Å². The monoisotopic (exact) mass is 954 g/mol. The number of benzene rings is 2. The molecule has 0 unspecified atom stereocenters. The number of nitrogens with one attached hydrogen (secondary N) is 4. The van der Waals surface area contributed by atoms with Gasteiger partial charge >= 0.3 is 18.1 Å². The van der Waals surface area contributed by atoms with E-state index in [1.807, 2.05) is 60.7 Å². The SMILES string of the molecule is CC(C)(C)OC(=O)Nc1nc(/C(=N/OC(C)(C)C(=O)OC(C)(C)C)C(=O)C[C@@H]2C(=O)N[C@@H]2CNC(=O)NCc2cc(-c3cc(OCc4ccccc4)c(OCc4ccccc4)c[n+]3[O-])no2)cs1. The van der Waals surface area contributed by atoms with Crippen LogP contribution >= 0.6 is 11.3 Å². The number of ether oxygens (including phenoxy) is 4. The number of thiazole rings is 1. The Balaban J connectivity index is 1.07. The first-order valence-corrected chi connectivity index (χ1v) is 22.4. The van der Waals surface area contributed by atoms with E-state index in [1.54, 1.807) is 41.5 Å². The van der Waals surface area contributed by atoms with Gasteiger partial charge in [-0.3, -0.25) is 14.9 Å². The summed E-state index contributed by atoms with van der Waals surface area (Å²) < 4.78 is 28.9. The van der Waals surface area contributed by atoms with Gasteiger partial charge in [0.1, 0.15) is 30.1 Å². The lowest BCUT2D eigenvalue weighted by Gasteiger charge is -2.36. The Morgan fingerprint density at radius 1 is 0.868 bits per heavy atom. The molecule has 3 aromatic heterocycles. The number of hydrogen-bond acceptors (Lipinski definition) is 16. The van der Waals surface area contributed by atoms with E-state index in [1.165, 1.54) is 37.6 Å². The van der Waals surface area contributed by atoms with Crippen molar-refractivity contribution in [3.63, 3.8) is 0 Å². The average molecular weight is 955 g/mol. The van der Waals surface area contributed by atoms with E-state index < -0.39 is 58.5 Å². The first kappa shape index (κ1) is 49.9. The van der Waals surface area contributed by atoms with Gasteiger partial charge in [0, 0.05) is 24.4 Å². The van der Waals surface area contributed by atoms with Crippen molar-refractivity contribution in [2.45, 2.75) is 104 Å². The highest BCUT2D eigenvalue weighted by Gasteiger charge is 2.42. The summed E-state index contributed by atoms with van der Waals surface area (Å²) in [5.74, 6) is -2.00. The van der Waals surface area contributed by atoms with Crippen molar-refractivity contribution in [3.8, 4) is 22.9 Å². The highest BCUT2D eigenvalue weighted by Crippen LogP contribution is 2.32. The summed E-state index contributed by atoms with van der Waals surface area (Å²) >= 11 is 0.982. The zero-order chi connectivity index (χ0) is 49.2. The number of hydrogen-bond donors (Lipinski definition) is 4. The molecule has 5 aromatic rings. The predicted molar refractivity (Wildman–Crippen MR) is 247 cm³/mol. The molecular formula is C47H54N8O12S. The zero-order valence-electron chi connectivity index (χ0n) is 38.9. The Morgan fingerprint density at radius 3 is 2.12 bits per heavy atom. The van der Waals surface area contributed by atoms with Crippen LogP contribution in [0.1, 0.15) is 84.4 Å². The first-order chi connectivity index (χ1) is 32.1. The molecule has 4 amide bonds. The van der Waals surface area contributed by atoms with Crippen molar-refractivity contribution in [3.05, 3.63) is 112 Å². The summed E-state index contributed by atoms with van der Waals surface area (Å²) in [5, 5.41) is 33.4. The number of esters is 1. The van der Waals surface area contributed by atoms with Crippen LogP contribution in [0.2, 0.25) is 0 Å². The minimum Gasteiger partial charge on any atom is -0.618 e. The van der Waals surface area contributed by atoms with Gasteiger partial charge in [0.15, 0.2) is 33.8 Å². The van der Waals surface area contributed by atoms with E-state index in [0.29, 0.717) is 10.5 Å². The molecule has 1 aliphatic heterocycles. The Hall–Kier alpha value is -7.55. The van der Waals surface area contributed by atoms with Crippen LogP contribution in [-0.2, 0) is 48.5 Å². The fourth-order valence-corrected chi connectivity index (χ4v) is 6.88. The van der Waals surface area contributed by atoms with Crippen LogP contribution in [0, 0.1) is 11.1 Å². The van der Waals surface area contributed by atoms with Gasteiger partial charge in [0.2, 0.25) is 29.1 Å². The van der Waals surface area contributed by atoms with Crippen molar-refractivity contribution >= 4 is 52.0 Å². The van der Waals surface area contributed by atoms with Crippen LogP contribution in [0.15, 0.2) is 94.1 Å². The number of oxime groups is 1. The number of pyridine rings is 1. The van der Waals surface area contributed by atoms with Crippen molar-refractivity contribution in [2.75, 3.05) is 11.9 Å². The summed E-state index contributed by atoms with van der Waals surface area (Å²) in [5.41, 5.74) is -1.50. The van der Waals surface area contributed by atoms with Crippen molar-refractivity contribution in [1.82, 2.24) is 26.1 Å². The molecule has 2 aromatic carbocycles. The van der Waals surface area contributed by atoms with Gasteiger partial charge in [-0.25, -0.2) is 19.4 Å². The number of nitrogens with zero attached hydrogens (tertiary/aromatic N) is 4. The van der Waals surface area contributed by atoms with Crippen LogP contribution < -0.4 is 35.5 Å². The summed E-state index contributed by atoms with van der Waals surface area (Å²) in [6.07, 6.45) is 0.111. The molecule has 0 radical (unpaired) electrons. The molecule has 4 N–H and O–H groups in total. The van der Waals surface area contributed by atoms with E-state index in [2.05, 4.69) is 36.6 Å². The summed E-state index contributed by atoms with van der Waals surface area (Å²) in [6.45, 7) is 13.2. The molecule has 0 saturated carbocycles. The number of rotatable bonds is 19. The molecule has 0 aliphatic carbocycles. The van der Waals surface area contributed by atoms with Crippen LogP contribution in [0.3, 0.4) is 0 Å². The molecular weight excluding hydrogens is 901 g/mol. The number of β-lactam (4-membered cyclic amide) rings is 1. The molecule has 6 rings (SSSR count). The molecule has 68 heavy (non-hydrogen) atoms. The van der Waals surface area contributed by atoms with E-state index in [9.17, 15) is 29.2 Å². The van der Waals surface area contributed by atoms with Gasteiger partial charge in [-0.05, 0) is 66.5 Å².